The standard InChI is InChI=1S/C15H14ClN3O3/c1-10-4-2-3-5-11(10)9-17-15(20)18-14-8-12(19(21)22)6-7-13(14)16/h2-8H,9H2,1H3,(H2,17,18,20). The van der Waals surface area contributed by atoms with Crippen molar-refractivity contribution in [3.8, 4) is 0 Å². The van der Waals surface area contributed by atoms with Crippen LogP contribution in [-0.4, -0.2) is 11.0 Å². The normalized spacial score (nSPS) is 10.1. The van der Waals surface area contributed by atoms with Gasteiger partial charge in [-0.15, -0.1) is 0 Å². The van der Waals surface area contributed by atoms with Crippen molar-refractivity contribution in [2.24, 2.45) is 0 Å². The molecule has 22 heavy (non-hydrogen) atoms. The summed E-state index contributed by atoms with van der Waals surface area (Å²) in [4.78, 5) is 22.1. The predicted molar refractivity (Wildman–Crippen MR) is 85.1 cm³/mol. The van der Waals surface area contributed by atoms with Crippen LogP contribution in [-0.2, 0) is 6.54 Å². The van der Waals surface area contributed by atoms with Gasteiger partial charge in [-0.3, -0.25) is 10.1 Å². The molecule has 2 N–H and O–H groups in total. The Labute approximate surface area is 132 Å². The van der Waals surface area contributed by atoms with Gasteiger partial charge in [0.1, 0.15) is 0 Å². The zero-order chi connectivity index (χ0) is 16.1. The molecule has 7 heteroatoms. The van der Waals surface area contributed by atoms with Crippen LogP contribution in [0.15, 0.2) is 42.5 Å². The maximum atomic E-state index is 11.9. The van der Waals surface area contributed by atoms with Crippen LogP contribution in [0.3, 0.4) is 0 Å². The van der Waals surface area contributed by atoms with E-state index in [-0.39, 0.29) is 16.4 Å². The number of nitro groups is 1. The van der Waals surface area contributed by atoms with Crippen molar-refractivity contribution < 1.29 is 9.72 Å². The van der Waals surface area contributed by atoms with Gasteiger partial charge in [0.2, 0.25) is 0 Å². The first-order valence-corrected chi connectivity index (χ1v) is 6.88. The van der Waals surface area contributed by atoms with Crippen LogP contribution in [0.4, 0.5) is 16.2 Å². The highest BCUT2D eigenvalue weighted by molar-refractivity contribution is 6.33. The lowest BCUT2D eigenvalue weighted by atomic mass is 10.1. The Hall–Kier alpha value is -2.60. The van der Waals surface area contributed by atoms with Gasteiger partial charge in [-0.25, -0.2) is 4.79 Å². The van der Waals surface area contributed by atoms with E-state index in [1.54, 1.807) is 0 Å². The Morgan fingerprint density at radius 1 is 1.27 bits per heavy atom. The number of non-ortho nitro benzene ring substituents is 1. The number of nitrogens with zero attached hydrogens (tertiary/aromatic N) is 1. The number of carbonyl (C=O) groups excluding carboxylic acids is 1. The summed E-state index contributed by atoms with van der Waals surface area (Å²) in [7, 11) is 0. The van der Waals surface area contributed by atoms with E-state index in [0.29, 0.717) is 6.54 Å². The zero-order valence-corrected chi connectivity index (χ0v) is 12.6. The molecule has 0 heterocycles. The summed E-state index contributed by atoms with van der Waals surface area (Å²) in [5.74, 6) is 0. The summed E-state index contributed by atoms with van der Waals surface area (Å²) in [5.41, 5.74) is 2.11. The summed E-state index contributed by atoms with van der Waals surface area (Å²) >= 11 is 5.92. The number of anilines is 1. The SMILES string of the molecule is Cc1ccccc1CNC(=O)Nc1cc([N+](=O)[O-])ccc1Cl. The lowest BCUT2D eigenvalue weighted by molar-refractivity contribution is -0.384. The molecule has 2 amide bonds. The molecule has 0 unspecified atom stereocenters. The molecule has 0 radical (unpaired) electrons. The number of amides is 2. The predicted octanol–water partition coefficient (Wildman–Crippen LogP) is 3.88. The molecule has 0 aliphatic heterocycles. The first kappa shape index (κ1) is 15.8. The molecule has 0 bridgehead atoms. The number of hydrogen-bond acceptors (Lipinski definition) is 3. The van der Waals surface area contributed by atoms with E-state index in [1.165, 1.54) is 18.2 Å². The minimum atomic E-state index is -0.549. The van der Waals surface area contributed by atoms with Crippen LogP contribution in [0, 0.1) is 17.0 Å². The maximum Gasteiger partial charge on any atom is 0.319 e. The Bertz CT molecular complexity index is 719. The number of hydrogen-bond donors (Lipinski definition) is 2. The fourth-order valence-corrected chi connectivity index (χ4v) is 2.04. The second kappa shape index (κ2) is 6.91. The van der Waals surface area contributed by atoms with Crippen LogP contribution in [0.2, 0.25) is 5.02 Å². The quantitative estimate of drug-likeness (QED) is 0.662. The van der Waals surface area contributed by atoms with Crippen molar-refractivity contribution in [1.29, 1.82) is 0 Å². The van der Waals surface area contributed by atoms with Crippen molar-refractivity contribution in [3.63, 3.8) is 0 Å². The molecule has 2 rings (SSSR count). The first-order valence-electron chi connectivity index (χ1n) is 6.50. The largest absolute Gasteiger partial charge is 0.334 e. The van der Waals surface area contributed by atoms with Crippen LogP contribution in [0.5, 0.6) is 0 Å². The Morgan fingerprint density at radius 3 is 2.68 bits per heavy atom. The molecule has 0 fully saturated rings. The minimum absolute atomic E-state index is 0.140. The second-order valence-electron chi connectivity index (χ2n) is 4.66. The molecule has 6 nitrogen and oxygen atoms in total. The van der Waals surface area contributed by atoms with E-state index in [0.717, 1.165) is 11.1 Å². The third-order valence-corrected chi connectivity index (χ3v) is 3.44. The van der Waals surface area contributed by atoms with Gasteiger partial charge in [0.25, 0.3) is 5.69 Å². The first-order chi connectivity index (χ1) is 10.5. The van der Waals surface area contributed by atoms with Gasteiger partial charge < -0.3 is 10.6 Å². The fraction of sp³-hybridized carbons (Fsp3) is 0.133. The summed E-state index contributed by atoms with van der Waals surface area (Å²) in [6.07, 6.45) is 0. The highest BCUT2D eigenvalue weighted by atomic mass is 35.5. The van der Waals surface area contributed by atoms with E-state index in [4.69, 9.17) is 11.6 Å². The third kappa shape index (κ3) is 3.95. The van der Waals surface area contributed by atoms with Crippen molar-refractivity contribution in [2.75, 3.05) is 5.32 Å². The average molecular weight is 320 g/mol. The Morgan fingerprint density at radius 2 is 2.00 bits per heavy atom. The molecule has 2 aromatic carbocycles. The summed E-state index contributed by atoms with van der Waals surface area (Å²) in [6.45, 7) is 2.30. The molecule has 114 valence electrons. The van der Waals surface area contributed by atoms with Gasteiger partial charge in [0.05, 0.1) is 15.6 Å². The third-order valence-electron chi connectivity index (χ3n) is 3.11. The van der Waals surface area contributed by atoms with Crippen molar-refractivity contribution in [3.05, 3.63) is 68.7 Å². The highest BCUT2D eigenvalue weighted by Crippen LogP contribution is 2.26. The Balaban J connectivity index is 2.02. The van der Waals surface area contributed by atoms with Crippen LogP contribution < -0.4 is 10.6 Å². The number of benzene rings is 2. The average Bonchev–Trinajstić information content (AvgIpc) is 2.48. The fourth-order valence-electron chi connectivity index (χ4n) is 1.87. The molecule has 0 saturated carbocycles. The number of nitrogens with one attached hydrogen (secondary N) is 2. The van der Waals surface area contributed by atoms with Crippen molar-refractivity contribution in [1.82, 2.24) is 5.32 Å². The second-order valence-corrected chi connectivity index (χ2v) is 5.06. The smallest absolute Gasteiger partial charge is 0.319 e. The molecule has 0 aromatic heterocycles. The van der Waals surface area contributed by atoms with Crippen molar-refractivity contribution in [2.45, 2.75) is 13.5 Å². The molecular formula is C15H14ClN3O3. The maximum absolute atomic E-state index is 11.9. The van der Waals surface area contributed by atoms with Gasteiger partial charge >= 0.3 is 6.03 Å². The molecule has 0 atom stereocenters. The Kier molecular flexibility index (Phi) is 4.95. The molecule has 2 aromatic rings. The lowest BCUT2D eigenvalue weighted by Gasteiger charge is -2.10. The van der Waals surface area contributed by atoms with Crippen molar-refractivity contribution >= 4 is 29.0 Å². The van der Waals surface area contributed by atoms with Crippen LogP contribution in [0.25, 0.3) is 0 Å². The van der Waals surface area contributed by atoms with Gasteiger partial charge in [0.15, 0.2) is 0 Å². The molecule has 0 aliphatic carbocycles. The molecule has 0 saturated heterocycles. The number of carbonyl (C=O) groups is 1. The molecule has 0 aliphatic rings. The van der Waals surface area contributed by atoms with E-state index in [1.807, 2.05) is 31.2 Å². The molecular weight excluding hydrogens is 306 g/mol. The van der Waals surface area contributed by atoms with Gasteiger partial charge in [-0.1, -0.05) is 35.9 Å². The topological polar surface area (TPSA) is 84.3 Å². The number of aryl methyl sites for hydroxylation is 1. The number of rotatable bonds is 4. The summed E-state index contributed by atoms with van der Waals surface area (Å²) < 4.78 is 0. The van der Waals surface area contributed by atoms with E-state index in [2.05, 4.69) is 10.6 Å². The summed E-state index contributed by atoms with van der Waals surface area (Å²) in [5, 5.41) is 16.2. The van der Waals surface area contributed by atoms with E-state index < -0.39 is 11.0 Å². The zero-order valence-electron chi connectivity index (χ0n) is 11.8. The minimum Gasteiger partial charge on any atom is -0.334 e. The van der Waals surface area contributed by atoms with E-state index >= 15 is 0 Å². The van der Waals surface area contributed by atoms with Crippen LogP contribution in [0.1, 0.15) is 11.1 Å². The van der Waals surface area contributed by atoms with Gasteiger partial charge in [0, 0.05) is 18.7 Å². The number of halogens is 1. The number of urea groups is 1. The van der Waals surface area contributed by atoms with Gasteiger partial charge in [-0.2, -0.15) is 0 Å². The van der Waals surface area contributed by atoms with E-state index in [9.17, 15) is 14.9 Å². The lowest BCUT2D eigenvalue weighted by Crippen LogP contribution is -2.28. The van der Waals surface area contributed by atoms with Crippen LogP contribution >= 0.6 is 11.6 Å². The monoisotopic (exact) mass is 319 g/mol. The summed E-state index contributed by atoms with van der Waals surface area (Å²) in [6, 6.07) is 11.1. The highest BCUT2D eigenvalue weighted by Gasteiger charge is 2.12. The number of nitro benzene ring substituents is 1. The van der Waals surface area contributed by atoms with Gasteiger partial charge in [-0.05, 0) is 24.1 Å². The molecule has 0 spiro atoms.